The maximum absolute atomic E-state index is 11.8. The number of rotatable bonds is 5. The third kappa shape index (κ3) is 3.61. The van der Waals surface area contributed by atoms with Gasteiger partial charge in [0.2, 0.25) is 0 Å². The van der Waals surface area contributed by atoms with Crippen LogP contribution >= 0.6 is 0 Å². The first-order chi connectivity index (χ1) is 7.45. The number of benzene rings is 1. The van der Waals surface area contributed by atoms with Crippen molar-refractivity contribution in [3.05, 3.63) is 29.8 Å². The van der Waals surface area contributed by atoms with Crippen LogP contribution in [-0.2, 0) is 20.7 Å². The van der Waals surface area contributed by atoms with E-state index >= 15 is 0 Å². The third-order valence-electron chi connectivity index (χ3n) is 2.04. The van der Waals surface area contributed by atoms with Crippen LogP contribution in [-0.4, -0.2) is 14.5 Å². The zero-order valence-electron chi connectivity index (χ0n) is 9.93. The van der Waals surface area contributed by atoms with Gasteiger partial charge < -0.3 is 0 Å². The SMILES string of the molecule is CCCc1cccc(S(=O)(=O)OC(C)C)c1. The van der Waals surface area contributed by atoms with Gasteiger partial charge in [-0.15, -0.1) is 0 Å². The molecule has 1 aromatic carbocycles. The molecule has 0 radical (unpaired) electrons. The van der Waals surface area contributed by atoms with Gasteiger partial charge in [0.25, 0.3) is 10.1 Å². The number of hydrogen-bond acceptors (Lipinski definition) is 3. The maximum atomic E-state index is 11.8. The molecular formula is C12H18O3S. The van der Waals surface area contributed by atoms with Crippen molar-refractivity contribution in [3.8, 4) is 0 Å². The predicted octanol–water partition coefficient (Wildman–Crippen LogP) is 2.75. The molecule has 0 fully saturated rings. The van der Waals surface area contributed by atoms with Gasteiger partial charge in [0, 0.05) is 0 Å². The van der Waals surface area contributed by atoms with E-state index in [2.05, 4.69) is 6.92 Å². The van der Waals surface area contributed by atoms with Crippen LogP contribution in [0.5, 0.6) is 0 Å². The summed E-state index contributed by atoms with van der Waals surface area (Å²) in [6, 6.07) is 6.93. The summed E-state index contributed by atoms with van der Waals surface area (Å²) in [7, 11) is -3.60. The lowest BCUT2D eigenvalue weighted by Crippen LogP contribution is -2.12. The summed E-state index contributed by atoms with van der Waals surface area (Å²) in [4.78, 5) is 0.243. The van der Waals surface area contributed by atoms with Crippen molar-refractivity contribution in [2.24, 2.45) is 0 Å². The highest BCUT2D eigenvalue weighted by Crippen LogP contribution is 2.16. The molecule has 1 rings (SSSR count). The normalized spacial score (nSPS) is 12.0. The molecule has 0 aliphatic heterocycles. The van der Waals surface area contributed by atoms with E-state index in [0.29, 0.717) is 0 Å². The highest BCUT2D eigenvalue weighted by molar-refractivity contribution is 7.86. The van der Waals surface area contributed by atoms with Crippen LogP contribution in [0.15, 0.2) is 29.2 Å². The molecule has 0 atom stereocenters. The lowest BCUT2D eigenvalue weighted by atomic mass is 10.1. The Bertz CT molecular complexity index is 435. The van der Waals surface area contributed by atoms with Crippen LogP contribution in [0.1, 0.15) is 32.8 Å². The van der Waals surface area contributed by atoms with Crippen molar-refractivity contribution in [2.45, 2.75) is 44.6 Å². The van der Waals surface area contributed by atoms with E-state index in [1.807, 2.05) is 6.07 Å². The van der Waals surface area contributed by atoms with E-state index in [-0.39, 0.29) is 11.0 Å². The second kappa shape index (κ2) is 5.46. The average molecular weight is 242 g/mol. The van der Waals surface area contributed by atoms with Crippen molar-refractivity contribution in [3.63, 3.8) is 0 Å². The molecule has 0 aliphatic rings. The van der Waals surface area contributed by atoms with Crippen LogP contribution < -0.4 is 0 Å². The number of aryl methyl sites for hydroxylation is 1. The van der Waals surface area contributed by atoms with E-state index in [0.717, 1.165) is 18.4 Å². The zero-order valence-corrected chi connectivity index (χ0v) is 10.8. The largest absolute Gasteiger partial charge is 0.297 e. The maximum Gasteiger partial charge on any atom is 0.297 e. The first kappa shape index (κ1) is 13.2. The van der Waals surface area contributed by atoms with Crippen LogP contribution in [0.25, 0.3) is 0 Å². The Labute approximate surface area is 97.6 Å². The lowest BCUT2D eigenvalue weighted by molar-refractivity contribution is 0.249. The predicted molar refractivity (Wildman–Crippen MR) is 63.8 cm³/mol. The molecule has 0 spiro atoms. The molecule has 0 aliphatic carbocycles. The summed E-state index contributed by atoms with van der Waals surface area (Å²) in [5.74, 6) is 0. The van der Waals surface area contributed by atoms with Crippen LogP contribution in [0.4, 0.5) is 0 Å². The topological polar surface area (TPSA) is 43.4 Å². The minimum absolute atomic E-state index is 0.243. The Morgan fingerprint density at radius 1 is 1.31 bits per heavy atom. The van der Waals surface area contributed by atoms with E-state index < -0.39 is 10.1 Å². The van der Waals surface area contributed by atoms with Gasteiger partial charge in [0.05, 0.1) is 11.0 Å². The first-order valence-corrected chi connectivity index (χ1v) is 6.88. The fraction of sp³-hybridized carbons (Fsp3) is 0.500. The van der Waals surface area contributed by atoms with Crippen LogP contribution in [0.2, 0.25) is 0 Å². The molecule has 0 N–H and O–H groups in total. The molecule has 16 heavy (non-hydrogen) atoms. The van der Waals surface area contributed by atoms with Gasteiger partial charge in [-0.25, -0.2) is 0 Å². The smallest absolute Gasteiger partial charge is 0.264 e. The van der Waals surface area contributed by atoms with E-state index in [9.17, 15) is 8.42 Å². The minimum Gasteiger partial charge on any atom is -0.264 e. The molecule has 0 unspecified atom stereocenters. The Kier molecular flexibility index (Phi) is 4.50. The highest BCUT2D eigenvalue weighted by Gasteiger charge is 2.16. The van der Waals surface area contributed by atoms with Crippen LogP contribution in [0, 0.1) is 0 Å². The molecule has 4 heteroatoms. The quantitative estimate of drug-likeness (QED) is 0.746. The van der Waals surface area contributed by atoms with E-state index in [4.69, 9.17) is 4.18 Å². The van der Waals surface area contributed by atoms with Gasteiger partial charge in [0.15, 0.2) is 0 Å². The van der Waals surface area contributed by atoms with Gasteiger partial charge >= 0.3 is 0 Å². The van der Waals surface area contributed by atoms with Crippen LogP contribution in [0.3, 0.4) is 0 Å². The molecule has 0 bridgehead atoms. The second-order valence-corrected chi connectivity index (χ2v) is 5.57. The highest BCUT2D eigenvalue weighted by atomic mass is 32.2. The molecule has 0 amide bonds. The molecular weight excluding hydrogens is 224 g/mol. The van der Waals surface area contributed by atoms with Gasteiger partial charge in [-0.05, 0) is 38.0 Å². The van der Waals surface area contributed by atoms with Gasteiger partial charge in [-0.2, -0.15) is 8.42 Å². The molecule has 0 heterocycles. The Balaban J connectivity index is 2.99. The van der Waals surface area contributed by atoms with Crippen molar-refractivity contribution < 1.29 is 12.6 Å². The van der Waals surface area contributed by atoms with Gasteiger partial charge in [-0.3, -0.25) is 4.18 Å². The molecule has 0 saturated heterocycles. The number of hydrogen-bond donors (Lipinski definition) is 0. The fourth-order valence-electron chi connectivity index (χ4n) is 1.45. The fourth-order valence-corrected chi connectivity index (χ4v) is 2.61. The minimum atomic E-state index is -3.60. The summed E-state index contributed by atoms with van der Waals surface area (Å²) < 4.78 is 28.5. The Morgan fingerprint density at radius 2 is 2.00 bits per heavy atom. The summed E-state index contributed by atoms with van der Waals surface area (Å²) in [5.41, 5.74) is 1.02. The molecule has 90 valence electrons. The molecule has 1 aromatic rings. The standard InChI is InChI=1S/C12H18O3S/c1-4-6-11-7-5-8-12(9-11)16(13,14)15-10(2)3/h5,7-10H,4,6H2,1-3H3. The van der Waals surface area contributed by atoms with E-state index in [1.54, 1.807) is 32.0 Å². The molecule has 0 aromatic heterocycles. The average Bonchev–Trinajstić information content (AvgIpc) is 2.16. The Morgan fingerprint density at radius 3 is 2.56 bits per heavy atom. The lowest BCUT2D eigenvalue weighted by Gasteiger charge is -2.09. The summed E-state index contributed by atoms with van der Waals surface area (Å²) in [6.45, 7) is 5.46. The molecule has 3 nitrogen and oxygen atoms in total. The van der Waals surface area contributed by atoms with Gasteiger partial charge in [-0.1, -0.05) is 25.5 Å². The van der Waals surface area contributed by atoms with Crippen molar-refractivity contribution >= 4 is 10.1 Å². The van der Waals surface area contributed by atoms with Crippen molar-refractivity contribution in [2.75, 3.05) is 0 Å². The summed E-state index contributed by atoms with van der Waals surface area (Å²) >= 11 is 0. The van der Waals surface area contributed by atoms with Gasteiger partial charge in [0.1, 0.15) is 0 Å². The Hall–Kier alpha value is -0.870. The first-order valence-electron chi connectivity index (χ1n) is 5.48. The van der Waals surface area contributed by atoms with Crippen molar-refractivity contribution in [1.29, 1.82) is 0 Å². The van der Waals surface area contributed by atoms with Crippen molar-refractivity contribution in [1.82, 2.24) is 0 Å². The second-order valence-electron chi connectivity index (χ2n) is 4.00. The molecule has 0 saturated carbocycles. The zero-order chi connectivity index (χ0) is 12.2. The summed E-state index contributed by atoms with van der Waals surface area (Å²) in [6.07, 6.45) is 1.54. The van der Waals surface area contributed by atoms with E-state index in [1.165, 1.54) is 0 Å². The monoisotopic (exact) mass is 242 g/mol. The summed E-state index contributed by atoms with van der Waals surface area (Å²) in [5, 5.41) is 0. The third-order valence-corrected chi connectivity index (χ3v) is 3.51.